The topological polar surface area (TPSA) is 103 Å². The van der Waals surface area contributed by atoms with Crippen molar-refractivity contribution < 1.29 is 27.1 Å². The fourth-order valence-corrected chi connectivity index (χ4v) is 5.46. The Balaban J connectivity index is 1.54. The number of rotatable bonds is 6. The summed E-state index contributed by atoms with van der Waals surface area (Å²) >= 11 is 0. The van der Waals surface area contributed by atoms with Crippen molar-refractivity contribution in [3.8, 4) is 5.75 Å². The van der Waals surface area contributed by atoms with Crippen molar-refractivity contribution in [2.45, 2.75) is 37.3 Å². The van der Waals surface area contributed by atoms with Crippen molar-refractivity contribution in [3.05, 3.63) is 70.1 Å². The monoisotopic (exact) mass is 457 g/mol. The average Bonchev–Trinajstić information content (AvgIpc) is 3.28. The molecular weight excluding hydrogens is 434 g/mol. The quantitative estimate of drug-likeness (QED) is 0.414. The molecule has 168 valence electrons. The van der Waals surface area contributed by atoms with Gasteiger partial charge in [0.15, 0.2) is 0 Å². The standard InChI is InChI=1S/C23H23NO7S/c1-15-5-8-18(9-6-15)32(27,28)24-11-3-4-20(24)23(26)30-14-16-12-22(25)31-21-13-17(29-2)7-10-19(16)21/h5-10,12-13,20H,3-4,11,14H2,1-2H3/t20-/m0/s1. The van der Waals surface area contributed by atoms with E-state index in [2.05, 4.69) is 0 Å². The van der Waals surface area contributed by atoms with E-state index >= 15 is 0 Å². The van der Waals surface area contributed by atoms with Gasteiger partial charge in [-0.2, -0.15) is 4.31 Å². The van der Waals surface area contributed by atoms with E-state index in [4.69, 9.17) is 13.9 Å². The summed E-state index contributed by atoms with van der Waals surface area (Å²) in [6.45, 7) is 1.94. The second kappa shape index (κ2) is 8.76. The highest BCUT2D eigenvalue weighted by Gasteiger charge is 2.40. The van der Waals surface area contributed by atoms with Crippen molar-refractivity contribution in [3.63, 3.8) is 0 Å². The zero-order valence-corrected chi connectivity index (χ0v) is 18.6. The molecule has 8 nitrogen and oxygen atoms in total. The summed E-state index contributed by atoms with van der Waals surface area (Å²) in [5.41, 5.74) is 1.14. The summed E-state index contributed by atoms with van der Waals surface area (Å²) < 4.78 is 43.1. The maximum atomic E-state index is 13.1. The van der Waals surface area contributed by atoms with Crippen LogP contribution in [0.15, 0.2) is 62.6 Å². The Labute approximate surface area is 185 Å². The first-order valence-corrected chi connectivity index (χ1v) is 11.6. The lowest BCUT2D eigenvalue weighted by Crippen LogP contribution is -2.41. The van der Waals surface area contributed by atoms with Crippen molar-refractivity contribution in [1.82, 2.24) is 4.31 Å². The predicted molar refractivity (Wildman–Crippen MR) is 117 cm³/mol. The van der Waals surface area contributed by atoms with E-state index < -0.39 is 27.7 Å². The maximum absolute atomic E-state index is 13.1. The van der Waals surface area contributed by atoms with Crippen LogP contribution in [0, 0.1) is 6.92 Å². The van der Waals surface area contributed by atoms with E-state index in [1.165, 1.54) is 29.6 Å². The molecule has 0 N–H and O–H groups in total. The SMILES string of the molecule is COc1ccc2c(COC(=O)[C@@H]3CCCN3S(=O)(=O)c3ccc(C)cc3)cc(=O)oc2c1. The van der Waals surface area contributed by atoms with Crippen LogP contribution in [0.5, 0.6) is 5.75 Å². The molecule has 0 bridgehead atoms. The molecule has 2 heterocycles. The number of carbonyl (C=O) groups is 1. The van der Waals surface area contributed by atoms with Crippen LogP contribution in [0.4, 0.5) is 0 Å². The minimum Gasteiger partial charge on any atom is -0.497 e. The molecule has 1 aliphatic heterocycles. The normalized spacial score (nSPS) is 16.9. The Hall–Kier alpha value is -3.17. The molecule has 4 rings (SSSR count). The van der Waals surface area contributed by atoms with Crippen LogP contribution in [-0.2, 0) is 26.2 Å². The van der Waals surface area contributed by atoms with Crippen LogP contribution in [-0.4, -0.2) is 38.4 Å². The van der Waals surface area contributed by atoms with Crippen LogP contribution in [0.25, 0.3) is 11.0 Å². The highest BCUT2D eigenvalue weighted by atomic mass is 32.2. The van der Waals surface area contributed by atoms with Crippen LogP contribution < -0.4 is 10.4 Å². The van der Waals surface area contributed by atoms with Crippen LogP contribution >= 0.6 is 0 Å². The van der Waals surface area contributed by atoms with E-state index in [0.717, 1.165) is 5.56 Å². The molecule has 32 heavy (non-hydrogen) atoms. The van der Waals surface area contributed by atoms with Gasteiger partial charge in [0.05, 0.1) is 12.0 Å². The number of benzene rings is 2. The number of aryl methyl sites for hydroxylation is 1. The van der Waals surface area contributed by atoms with Crippen molar-refractivity contribution >= 4 is 27.0 Å². The largest absolute Gasteiger partial charge is 0.497 e. The minimum atomic E-state index is -3.83. The summed E-state index contributed by atoms with van der Waals surface area (Å²) in [4.78, 5) is 24.9. The van der Waals surface area contributed by atoms with E-state index in [0.29, 0.717) is 35.1 Å². The molecule has 1 saturated heterocycles. The maximum Gasteiger partial charge on any atom is 0.336 e. The van der Waals surface area contributed by atoms with Gasteiger partial charge in [0, 0.05) is 29.6 Å². The molecule has 0 amide bonds. The summed E-state index contributed by atoms with van der Waals surface area (Å²) in [6, 6.07) is 11.9. The lowest BCUT2D eigenvalue weighted by Gasteiger charge is -2.23. The average molecular weight is 458 g/mol. The lowest BCUT2D eigenvalue weighted by atomic mass is 10.1. The van der Waals surface area contributed by atoms with E-state index in [1.807, 2.05) is 6.92 Å². The molecule has 1 aromatic heterocycles. The Morgan fingerprint density at radius 1 is 1.16 bits per heavy atom. The summed E-state index contributed by atoms with van der Waals surface area (Å²) in [7, 11) is -2.33. The fraction of sp³-hybridized carbons (Fsp3) is 0.304. The molecule has 0 aliphatic carbocycles. The molecule has 0 radical (unpaired) electrons. The molecule has 9 heteroatoms. The van der Waals surface area contributed by atoms with Crippen LogP contribution in [0.3, 0.4) is 0 Å². The second-order valence-electron chi connectivity index (χ2n) is 7.65. The van der Waals surface area contributed by atoms with Gasteiger partial charge in [0.25, 0.3) is 0 Å². The molecule has 0 spiro atoms. The molecular formula is C23H23NO7S. The first-order valence-electron chi connectivity index (χ1n) is 10.2. The molecule has 1 aliphatic rings. The summed E-state index contributed by atoms with van der Waals surface area (Å²) in [5.74, 6) is -0.120. The molecule has 0 saturated carbocycles. The zero-order chi connectivity index (χ0) is 22.9. The van der Waals surface area contributed by atoms with Gasteiger partial charge in [-0.15, -0.1) is 0 Å². The Morgan fingerprint density at radius 2 is 1.91 bits per heavy atom. The lowest BCUT2D eigenvalue weighted by molar-refractivity contribution is -0.148. The number of ether oxygens (including phenoxy) is 2. The van der Waals surface area contributed by atoms with Gasteiger partial charge in [0.1, 0.15) is 24.0 Å². The van der Waals surface area contributed by atoms with Crippen molar-refractivity contribution in [2.75, 3.05) is 13.7 Å². The highest BCUT2D eigenvalue weighted by Crippen LogP contribution is 2.28. The van der Waals surface area contributed by atoms with Gasteiger partial charge >= 0.3 is 11.6 Å². The third-order valence-electron chi connectivity index (χ3n) is 5.51. The second-order valence-corrected chi connectivity index (χ2v) is 9.54. The number of fused-ring (bicyclic) bond motifs is 1. The number of sulfonamides is 1. The third-order valence-corrected chi connectivity index (χ3v) is 7.43. The van der Waals surface area contributed by atoms with Crippen molar-refractivity contribution in [2.24, 2.45) is 0 Å². The Morgan fingerprint density at radius 3 is 2.62 bits per heavy atom. The molecule has 1 atom stereocenters. The summed E-state index contributed by atoms with van der Waals surface area (Å²) in [6.07, 6.45) is 0.932. The molecule has 3 aromatic rings. The van der Waals surface area contributed by atoms with Crippen LogP contribution in [0.1, 0.15) is 24.0 Å². The smallest absolute Gasteiger partial charge is 0.336 e. The number of nitrogens with zero attached hydrogens (tertiary/aromatic N) is 1. The Bertz CT molecular complexity index is 1310. The number of hydrogen-bond acceptors (Lipinski definition) is 7. The van der Waals surface area contributed by atoms with E-state index in [1.54, 1.807) is 30.3 Å². The van der Waals surface area contributed by atoms with Gasteiger partial charge in [-0.3, -0.25) is 4.79 Å². The van der Waals surface area contributed by atoms with E-state index in [-0.39, 0.29) is 18.0 Å². The van der Waals surface area contributed by atoms with Gasteiger partial charge in [-0.25, -0.2) is 13.2 Å². The first-order chi connectivity index (χ1) is 15.3. The number of carbonyl (C=O) groups excluding carboxylic acids is 1. The van der Waals surface area contributed by atoms with Crippen LogP contribution in [0.2, 0.25) is 0 Å². The molecule has 1 fully saturated rings. The summed E-state index contributed by atoms with van der Waals surface area (Å²) in [5, 5.41) is 0.605. The van der Waals surface area contributed by atoms with E-state index in [9.17, 15) is 18.0 Å². The van der Waals surface area contributed by atoms with Crippen molar-refractivity contribution in [1.29, 1.82) is 0 Å². The number of methoxy groups -OCH3 is 1. The number of hydrogen-bond donors (Lipinski definition) is 0. The van der Waals surface area contributed by atoms with Gasteiger partial charge in [-0.1, -0.05) is 17.7 Å². The highest BCUT2D eigenvalue weighted by molar-refractivity contribution is 7.89. The van der Waals surface area contributed by atoms with Gasteiger partial charge < -0.3 is 13.9 Å². The van der Waals surface area contributed by atoms with Gasteiger partial charge in [0.2, 0.25) is 10.0 Å². The third kappa shape index (κ3) is 4.26. The minimum absolute atomic E-state index is 0.142. The molecule has 0 unspecified atom stereocenters. The fourth-order valence-electron chi connectivity index (χ4n) is 3.81. The Kier molecular flexibility index (Phi) is 6.03. The molecule has 2 aromatic carbocycles. The number of esters is 1. The first kappa shape index (κ1) is 22.0. The zero-order valence-electron chi connectivity index (χ0n) is 17.7. The predicted octanol–water partition coefficient (Wildman–Crippen LogP) is 3.01. The van der Waals surface area contributed by atoms with Gasteiger partial charge in [-0.05, 0) is 44.0 Å².